The van der Waals surface area contributed by atoms with Gasteiger partial charge in [0.05, 0.1) is 17.7 Å². The van der Waals surface area contributed by atoms with E-state index < -0.39 is 28.8 Å². The standard InChI is InChI=1S/C11H10ClF3O3/c1-18-10(17)9(16)5-6-2-3-7(8(12)4-6)11(13,14)15/h2-4,9,16H,5H2,1H3. The molecule has 1 atom stereocenters. The molecule has 0 heterocycles. The highest BCUT2D eigenvalue weighted by atomic mass is 35.5. The van der Waals surface area contributed by atoms with E-state index in [0.29, 0.717) is 5.56 Å². The summed E-state index contributed by atoms with van der Waals surface area (Å²) >= 11 is 5.49. The number of carbonyl (C=O) groups excluding carboxylic acids is 1. The minimum atomic E-state index is -4.53. The highest BCUT2D eigenvalue weighted by Crippen LogP contribution is 2.35. The van der Waals surface area contributed by atoms with Gasteiger partial charge >= 0.3 is 12.1 Å². The fraction of sp³-hybridized carbons (Fsp3) is 0.364. The van der Waals surface area contributed by atoms with Crippen molar-refractivity contribution in [3.63, 3.8) is 0 Å². The minimum Gasteiger partial charge on any atom is -0.467 e. The van der Waals surface area contributed by atoms with E-state index in [4.69, 9.17) is 11.6 Å². The van der Waals surface area contributed by atoms with E-state index in [9.17, 15) is 23.1 Å². The molecule has 0 spiro atoms. The van der Waals surface area contributed by atoms with Crippen LogP contribution >= 0.6 is 11.6 Å². The van der Waals surface area contributed by atoms with Crippen molar-refractivity contribution in [1.29, 1.82) is 0 Å². The molecule has 0 saturated carbocycles. The lowest BCUT2D eigenvalue weighted by atomic mass is 10.1. The van der Waals surface area contributed by atoms with Crippen molar-refractivity contribution in [2.75, 3.05) is 7.11 Å². The molecule has 0 radical (unpaired) electrons. The molecule has 1 N–H and O–H groups in total. The van der Waals surface area contributed by atoms with Gasteiger partial charge in [0.1, 0.15) is 0 Å². The van der Waals surface area contributed by atoms with Crippen molar-refractivity contribution in [2.45, 2.75) is 18.7 Å². The molecule has 1 unspecified atom stereocenters. The summed E-state index contributed by atoms with van der Waals surface area (Å²) in [7, 11) is 1.10. The maximum absolute atomic E-state index is 12.4. The molecular formula is C11H10ClF3O3. The minimum absolute atomic E-state index is 0.162. The third-order valence-corrected chi connectivity index (χ3v) is 2.55. The number of methoxy groups -OCH3 is 1. The number of hydrogen-bond acceptors (Lipinski definition) is 3. The Hall–Kier alpha value is -1.27. The second-order valence-corrected chi connectivity index (χ2v) is 3.96. The lowest BCUT2D eigenvalue weighted by Crippen LogP contribution is -2.24. The molecule has 3 nitrogen and oxygen atoms in total. The van der Waals surface area contributed by atoms with Crippen molar-refractivity contribution >= 4 is 17.6 Å². The van der Waals surface area contributed by atoms with Gasteiger partial charge in [-0.1, -0.05) is 17.7 Å². The highest BCUT2D eigenvalue weighted by Gasteiger charge is 2.33. The van der Waals surface area contributed by atoms with E-state index in [0.717, 1.165) is 25.3 Å². The van der Waals surface area contributed by atoms with Gasteiger partial charge in [-0.05, 0) is 17.7 Å². The number of carbonyl (C=O) groups is 1. The zero-order chi connectivity index (χ0) is 13.9. The molecule has 1 aromatic rings. The second kappa shape index (κ2) is 5.58. The van der Waals surface area contributed by atoms with Gasteiger partial charge in [-0.15, -0.1) is 0 Å². The van der Waals surface area contributed by atoms with E-state index in [1.54, 1.807) is 0 Å². The quantitative estimate of drug-likeness (QED) is 0.866. The van der Waals surface area contributed by atoms with Crippen LogP contribution in [0.2, 0.25) is 5.02 Å². The number of rotatable bonds is 3. The van der Waals surface area contributed by atoms with Gasteiger partial charge in [0.2, 0.25) is 0 Å². The van der Waals surface area contributed by atoms with Crippen LogP contribution in [-0.4, -0.2) is 24.3 Å². The first kappa shape index (κ1) is 14.8. The molecule has 0 saturated heterocycles. The summed E-state index contributed by atoms with van der Waals surface area (Å²) in [6, 6.07) is 3.03. The van der Waals surface area contributed by atoms with E-state index >= 15 is 0 Å². The Morgan fingerprint density at radius 1 is 1.50 bits per heavy atom. The number of ether oxygens (including phenoxy) is 1. The van der Waals surface area contributed by atoms with Crippen LogP contribution in [0.15, 0.2) is 18.2 Å². The molecule has 0 fully saturated rings. The average Bonchev–Trinajstić information content (AvgIpc) is 2.26. The predicted octanol–water partition coefficient (Wildman–Crippen LogP) is 2.44. The van der Waals surface area contributed by atoms with Gasteiger partial charge in [-0.25, -0.2) is 4.79 Å². The highest BCUT2D eigenvalue weighted by molar-refractivity contribution is 6.31. The zero-order valence-corrected chi connectivity index (χ0v) is 10.0. The Morgan fingerprint density at radius 2 is 2.11 bits per heavy atom. The molecule has 18 heavy (non-hydrogen) atoms. The number of alkyl halides is 3. The summed E-state index contributed by atoms with van der Waals surface area (Å²) in [6.07, 6.45) is -6.12. The normalized spacial score (nSPS) is 13.2. The van der Waals surface area contributed by atoms with E-state index in [2.05, 4.69) is 4.74 Å². The van der Waals surface area contributed by atoms with Crippen molar-refractivity contribution in [2.24, 2.45) is 0 Å². The summed E-state index contributed by atoms with van der Waals surface area (Å²) in [5.74, 6) is -0.856. The van der Waals surface area contributed by atoms with Gasteiger partial charge in [0.25, 0.3) is 0 Å². The summed E-state index contributed by atoms with van der Waals surface area (Å²) in [5, 5.41) is 8.88. The third-order valence-electron chi connectivity index (χ3n) is 2.24. The Morgan fingerprint density at radius 3 is 2.56 bits per heavy atom. The number of hydrogen-bond donors (Lipinski definition) is 1. The van der Waals surface area contributed by atoms with Crippen LogP contribution in [0.25, 0.3) is 0 Å². The van der Waals surface area contributed by atoms with Crippen LogP contribution in [0.3, 0.4) is 0 Å². The van der Waals surface area contributed by atoms with Crippen LogP contribution in [0.4, 0.5) is 13.2 Å². The van der Waals surface area contributed by atoms with E-state index in [1.807, 2.05) is 0 Å². The van der Waals surface area contributed by atoms with Crippen LogP contribution < -0.4 is 0 Å². The molecule has 1 aromatic carbocycles. The maximum Gasteiger partial charge on any atom is 0.417 e. The largest absolute Gasteiger partial charge is 0.467 e. The number of aliphatic hydroxyl groups excluding tert-OH is 1. The Kier molecular flexibility index (Phi) is 4.59. The first-order chi connectivity index (χ1) is 8.25. The first-order valence-corrected chi connectivity index (χ1v) is 5.25. The monoisotopic (exact) mass is 282 g/mol. The molecule has 100 valence electrons. The molecule has 0 aliphatic rings. The van der Waals surface area contributed by atoms with E-state index in [-0.39, 0.29) is 6.42 Å². The van der Waals surface area contributed by atoms with Crippen LogP contribution in [0.1, 0.15) is 11.1 Å². The van der Waals surface area contributed by atoms with Gasteiger partial charge in [0, 0.05) is 6.42 Å². The number of benzene rings is 1. The number of esters is 1. The molecule has 0 aromatic heterocycles. The number of halogens is 4. The summed E-state index contributed by atoms with van der Waals surface area (Å²) in [5.41, 5.74) is -0.647. The van der Waals surface area contributed by atoms with Crippen LogP contribution in [0.5, 0.6) is 0 Å². The van der Waals surface area contributed by atoms with Crippen LogP contribution in [0, 0.1) is 0 Å². The molecule has 0 amide bonds. The lowest BCUT2D eigenvalue weighted by molar-refractivity contribution is -0.150. The Balaban J connectivity index is 2.89. The summed E-state index contributed by atoms with van der Waals surface area (Å²) in [4.78, 5) is 10.9. The maximum atomic E-state index is 12.4. The first-order valence-electron chi connectivity index (χ1n) is 4.87. The predicted molar refractivity (Wildman–Crippen MR) is 58.2 cm³/mol. The average molecular weight is 283 g/mol. The zero-order valence-electron chi connectivity index (χ0n) is 9.29. The van der Waals surface area contributed by atoms with Gasteiger partial charge in [-0.2, -0.15) is 13.2 Å². The molecule has 0 aliphatic heterocycles. The topological polar surface area (TPSA) is 46.5 Å². The smallest absolute Gasteiger partial charge is 0.417 e. The summed E-state index contributed by atoms with van der Waals surface area (Å²) in [6.45, 7) is 0. The number of aliphatic hydroxyl groups is 1. The Bertz CT molecular complexity index is 446. The molecule has 0 bridgehead atoms. The van der Waals surface area contributed by atoms with Crippen LogP contribution in [-0.2, 0) is 22.1 Å². The fourth-order valence-electron chi connectivity index (χ4n) is 1.36. The molecule has 1 rings (SSSR count). The molecule has 0 aliphatic carbocycles. The second-order valence-electron chi connectivity index (χ2n) is 3.56. The van der Waals surface area contributed by atoms with Crippen molar-refractivity contribution in [3.05, 3.63) is 34.3 Å². The van der Waals surface area contributed by atoms with Crippen molar-refractivity contribution in [3.8, 4) is 0 Å². The Labute approximate surface area is 106 Å². The lowest BCUT2D eigenvalue weighted by Gasteiger charge is -2.12. The third kappa shape index (κ3) is 3.61. The van der Waals surface area contributed by atoms with Crippen molar-refractivity contribution in [1.82, 2.24) is 0 Å². The van der Waals surface area contributed by atoms with Crippen molar-refractivity contribution < 1.29 is 27.8 Å². The molecule has 7 heteroatoms. The van der Waals surface area contributed by atoms with Gasteiger partial charge in [-0.3, -0.25) is 0 Å². The van der Waals surface area contributed by atoms with Gasteiger partial charge < -0.3 is 9.84 Å². The summed E-state index contributed by atoms with van der Waals surface area (Å²) < 4.78 is 41.5. The fourth-order valence-corrected chi connectivity index (χ4v) is 1.67. The van der Waals surface area contributed by atoms with E-state index in [1.165, 1.54) is 0 Å². The van der Waals surface area contributed by atoms with Gasteiger partial charge in [0.15, 0.2) is 6.10 Å². The SMILES string of the molecule is COC(=O)C(O)Cc1ccc(C(F)(F)F)c(Cl)c1. The molecular weight excluding hydrogens is 273 g/mol.